The van der Waals surface area contributed by atoms with Crippen molar-refractivity contribution in [3.8, 4) is 0 Å². The molecule has 262 valence electrons. The molecule has 0 aromatic heterocycles. The first-order chi connectivity index (χ1) is 22.5. The van der Waals surface area contributed by atoms with Crippen LogP contribution in [0.15, 0.2) is 48.5 Å². The van der Waals surface area contributed by atoms with E-state index in [4.69, 9.17) is 11.6 Å². The predicted octanol–water partition coefficient (Wildman–Crippen LogP) is 2.86. The number of amides is 5. The molecule has 0 aliphatic heterocycles. The molecule has 0 saturated heterocycles. The molecule has 1 unspecified atom stereocenters. The molecule has 0 saturated carbocycles. The first-order valence-corrected chi connectivity index (χ1v) is 16.1. The van der Waals surface area contributed by atoms with Gasteiger partial charge in [0, 0.05) is 25.0 Å². The Balaban J connectivity index is 2.30. The van der Waals surface area contributed by atoms with E-state index in [0.29, 0.717) is 5.56 Å². The third-order valence-corrected chi connectivity index (χ3v) is 7.64. The van der Waals surface area contributed by atoms with Crippen LogP contribution in [0.4, 0.5) is 11.4 Å². The summed E-state index contributed by atoms with van der Waals surface area (Å²) in [6.45, 7) is 10.1. The summed E-state index contributed by atoms with van der Waals surface area (Å²) in [4.78, 5) is 76.2. The van der Waals surface area contributed by atoms with Crippen LogP contribution in [0.2, 0.25) is 5.02 Å². The van der Waals surface area contributed by atoms with Crippen molar-refractivity contribution >= 4 is 52.5 Å². The average molecular weight is 689 g/mol. The van der Waals surface area contributed by atoms with Crippen molar-refractivity contribution < 1.29 is 34.0 Å². The predicted molar refractivity (Wildman–Crippen MR) is 181 cm³/mol. The largest absolute Gasteiger partial charge is 0.391 e. The summed E-state index contributed by atoms with van der Waals surface area (Å²) in [7, 11) is 0. The van der Waals surface area contributed by atoms with Gasteiger partial charge in [0.25, 0.3) is 5.69 Å². The van der Waals surface area contributed by atoms with Crippen LogP contribution in [-0.4, -0.2) is 69.8 Å². The number of aliphatic hydroxyl groups excluding tert-OH is 1. The Morgan fingerprint density at radius 3 is 1.94 bits per heavy atom. The molecule has 0 fully saturated rings. The molecule has 15 heteroatoms. The number of hydrogen-bond donors (Lipinski definition) is 6. The molecular formula is C33H45ClN6O8. The van der Waals surface area contributed by atoms with Crippen molar-refractivity contribution in [3.05, 3.63) is 69.2 Å². The number of nitrogens with zero attached hydrogens (tertiary/aromatic N) is 1. The summed E-state index contributed by atoms with van der Waals surface area (Å²) in [6, 6.07) is 7.49. The fraction of sp³-hybridized carbons (Fsp3) is 0.485. The van der Waals surface area contributed by atoms with Gasteiger partial charge < -0.3 is 31.7 Å². The molecule has 5 amide bonds. The molecule has 2 aromatic rings. The number of nitro groups is 1. The molecule has 2 aromatic carbocycles. The Bertz CT molecular complexity index is 1450. The number of nitrogens with one attached hydrogen (secondary N) is 5. The number of aliphatic hydroxyl groups is 1. The zero-order valence-corrected chi connectivity index (χ0v) is 28.7. The van der Waals surface area contributed by atoms with E-state index in [0.717, 1.165) is 6.07 Å². The van der Waals surface area contributed by atoms with Crippen molar-refractivity contribution in [1.82, 2.24) is 21.3 Å². The Hall–Kier alpha value is -4.56. The normalized spacial score (nSPS) is 14.2. The van der Waals surface area contributed by atoms with Gasteiger partial charge in [-0.1, -0.05) is 76.6 Å². The quantitative estimate of drug-likeness (QED) is 0.107. The molecule has 0 radical (unpaired) electrons. The minimum absolute atomic E-state index is 0.00952. The highest BCUT2D eigenvalue weighted by atomic mass is 35.5. The van der Waals surface area contributed by atoms with Crippen LogP contribution >= 0.6 is 11.6 Å². The van der Waals surface area contributed by atoms with Crippen molar-refractivity contribution in [2.24, 2.45) is 11.8 Å². The van der Waals surface area contributed by atoms with Crippen LogP contribution in [0.25, 0.3) is 0 Å². The summed E-state index contributed by atoms with van der Waals surface area (Å²) in [5, 5.41) is 34.6. The number of anilines is 1. The first-order valence-electron chi connectivity index (χ1n) is 15.7. The molecule has 14 nitrogen and oxygen atoms in total. The van der Waals surface area contributed by atoms with Crippen LogP contribution < -0.4 is 26.6 Å². The number of benzene rings is 2. The number of carbonyl (C=O) groups excluding carboxylic acids is 5. The lowest BCUT2D eigenvalue weighted by atomic mass is 9.99. The van der Waals surface area contributed by atoms with E-state index in [9.17, 15) is 39.2 Å². The fourth-order valence-corrected chi connectivity index (χ4v) is 4.92. The van der Waals surface area contributed by atoms with Crippen molar-refractivity contribution in [2.45, 2.75) is 91.1 Å². The summed E-state index contributed by atoms with van der Waals surface area (Å²) in [6.07, 6.45) is -1.05. The highest BCUT2D eigenvalue weighted by molar-refractivity contribution is 6.34. The molecule has 0 bridgehead atoms. The maximum atomic E-state index is 13.6. The van der Waals surface area contributed by atoms with E-state index in [2.05, 4.69) is 26.6 Å². The molecular weight excluding hydrogens is 644 g/mol. The van der Waals surface area contributed by atoms with Gasteiger partial charge in [-0.15, -0.1) is 0 Å². The van der Waals surface area contributed by atoms with Crippen molar-refractivity contribution in [1.29, 1.82) is 0 Å². The van der Waals surface area contributed by atoms with Crippen LogP contribution in [0.3, 0.4) is 0 Å². The summed E-state index contributed by atoms with van der Waals surface area (Å²) in [5.41, 5.74) is 0.474. The molecule has 6 N–H and O–H groups in total. The molecule has 0 aliphatic rings. The van der Waals surface area contributed by atoms with Crippen LogP contribution in [0.5, 0.6) is 0 Å². The SMILES string of the molecule is CCC(=O)N[C@H](C(=O)N[C@@H](CC(C)C)C(=O)N[C@H](C(=O)N[C@@H](Cc1ccccc1)C(=O)Nc1ccc([N+](=O)[O-])cc1Cl)C(C)O)C(C)C. The molecule has 48 heavy (non-hydrogen) atoms. The Morgan fingerprint density at radius 2 is 1.42 bits per heavy atom. The Morgan fingerprint density at radius 1 is 0.812 bits per heavy atom. The lowest BCUT2D eigenvalue weighted by Gasteiger charge is -2.29. The van der Waals surface area contributed by atoms with Gasteiger partial charge in [-0.05, 0) is 36.8 Å². The minimum Gasteiger partial charge on any atom is -0.391 e. The first kappa shape index (κ1) is 39.6. The van der Waals surface area contributed by atoms with Gasteiger partial charge in [0.05, 0.1) is 21.7 Å². The second kappa shape index (κ2) is 18.7. The van der Waals surface area contributed by atoms with E-state index in [1.807, 2.05) is 13.8 Å². The molecule has 0 spiro atoms. The van der Waals surface area contributed by atoms with Gasteiger partial charge >= 0.3 is 0 Å². The van der Waals surface area contributed by atoms with E-state index < -0.39 is 58.8 Å². The maximum Gasteiger partial charge on any atom is 0.271 e. The third kappa shape index (κ3) is 12.2. The maximum absolute atomic E-state index is 13.6. The number of rotatable bonds is 17. The minimum atomic E-state index is -1.53. The van der Waals surface area contributed by atoms with Gasteiger partial charge in [-0.25, -0.2) is 0 Å². The van der Waals surface area contributed by atoms with Gasteiger partial charge in [0.15, 0.2) is 0 Å². The third-order valence-electron chi connectivity index (χ3n) is 7.33. The molecule has 0 aliphatic carbocycles. The molecule has 0 heterocycles. The second-order valence-electron chi connectivity index (χ2n) is 12.2. The van der Waals surface area contributed by atoms with Crippen molar-refractivity contribution in [3.63, 3.8) is 0 Å². The number of nitro benzene ring substituents is 1. The van der Waals surface area contributed by atoms with Gasteiger partial charge in [0.2, 0.25) is 29.5 Å². The average Bonchev–Trinajstić information content (AvgIpc) is 3.02. The van der Waals surface area contributed by atoms with Gasteiger partial charge in [-0.2, -0.15) is 0 Å². The van der Waals surface area contributed by atoms with E-state index in [1.165, 1.54) is 19.1 Å². The monoisotopic (exact) mass is 688 g/mol. The summed E-state index contributed by atoms with van der Waals surface area (Å²) in [5.74, 6) is -3.59. The lowest BCUT2D eigenvalue weighted by Crippen LogP contribution is -2.61. The van der Waals surface area contributed by atoms with Crippen LogP contribution in [0, 0.1) is 22.0 Å². The molecule has 2 rings (SSSR count). The van der Waals surface area contributed by atoms with Gasteiger partial charge in [-0.3, -0.25) is 34.1 Å². The van der Waals surface area contributed by atoms with Gasteiger partial charge in [0.1, 0.15) is 24.2 Å². The lowest BCUT2D eigenvalue weighted by molar-refractivity contribution is -0.384. The standard InChI is InChI=1S/C33H45ClN6O8/c1-7-27(42)38-28(19(4)5)32(45)36-25(15-18(2)3)31(44)39-29(20(6)41)33(46)37-26(16-21-11-9-8-10-12-21)30(43)35-24-14-13-22(40(47)48)17-23(24)34/h8-14,17-20,25-26,28-29,41H,7,15-16H2,1-6H3,(H,35,43)(H,36,45)(H,37,46)(H,38,42)(H,39,44)/t20?,25-,26-,28-,29-/m0/s1. The fourth-order valence-electron chi connectivity index (χ4n) is 4.69. The zero-order valence-electron chi connectivity index (χ0n) is 27.9. The topological polar surface area (TPSA) is 209 Å². The Labute approximate surface area is 284 Å². The van der Waals surface area contributed by atoms with Crippen LogP contribution in [-0.2, 0) is 30.4 Å². The van der Waals surface area contributed by atoms with E-state index in [-0.39, 0.29) is 53.4 Å². The second-order valence-corrected chi connectivity index (χ2v) is 12.6. The van der Waals surface area contributed by atoms with Crippen molar-refractivity contribution in [2.75, 3.05) is 5.32 Å². The zero-order chi connectivity index (χ0) is 36.1. The number of non-ortho nitro benzene ring substituents is 1. The smallest absolute Gasteiger partial charge is 0.271 e. The Kier molecular flexibility index (Phi) is 15.4. The summed E-state index contributed by atoms with van der Waals surface area (Å²) >= 11 is 6.17. The molecule has 5 atom stereocenters. The summed E-state index contributed by atoms with van der Waals surface area (Å²) < 4.78 is 0. The highest BCUT2D eigenvalue weighted by Gasteiger charge is 2.34. The number of halogens is 1. The highest BCUT2D eigenvalue weighted by Crippen LogP contribution is 2.27. The number of carbonyl (C=O) groups is 5. The van der Waals surface area contributed by atoms with Crippen LogP contribution in [0.1, 0.15) is 59.9 Å². The van der Waals surface area contributed by atoms with E-state index in [1.54, 1.807) is 51.1 Å². The number of hydrogen-bond acceptors (Lipinski definition) is 8. The van der Waals surface area contributed by atoms with E-state index >= 15 is 0 Å².